The summed E-state index contributed by atoms with van der Waals surface area (Å²) in [6.07, 6.45) is 3.09. The highest BCUT2D eigenvalue weighted by Crippen LogP contribution is 2.21. The third-order valence-corrected chi connectivity index (χ3v) is 4.87. The lowest BCUT2D eigenvalue weighted by Crippen LogP contribution is -2.38. The molecule has 0 fully saturated rings. The summed E-state index contributed by atoms with van der Waals surface area (Å²) >= 11 is 1.74. The van der Waals surface area contributed by atoms with Gasteiger partial charge >= 0.3 is 0 Å². The summed E-state index contributed by atoms with van der Waals surface area (Å²) in [6.45, 7) is 6.67. The second kappa shape index (κ2) is 8.02. The number of nitrogens with zero attached hydrogens (tertiary/aromatic N) is 1. The Labute approximate surface area is 147 Å². The lowest BCUT2D eigenvalue weighted by atomic mass is 10.1. The SMILES string of the molecule is CCNC(=NCc1cccs1)NCCc1c[nH]c2c(C)cccc12. The van der Waals surface area contributed by atoms with Crippen LogP contribution in [0.1, 0.15) is 22.9 Å². The van der Waals surface area contributed by atoms with E-state index in [1.54, 1.807) is 11.3 Å². The van der Waals surface area contributed by atoms with E-state index >= 15 is 0 Å². The monoisotopic (exact) mass is 340 g/mol. The molecule has 3 N–H and O–H groups in total. The Morgan fingerprint density at radius 1 is 1.21 bits per heavy atom. The molecular formula is C19H24N4S. The molecule has 0 aliphatic rings. The molecule has 0 aliphatic carbocycles. The van der Waals surface area contributed by atoms with E-state index in [1.165, 1.54) is 26.9 Å². The molecule has 0 amide bonds. The van der Waals surface area contributed by atoms with Crippen molar-refractivity contribution >= 4 is 28.2 Å². The number of hydrogen-bond acceptors (Lipinski definition) is 2. The maximum atomic E-state index is 4.65. The van der Waals surface area contributed by atoms with Crippen LogP contribution in [0.15, 0.2) is 46.9 Å². The van der Waals surface area contributed by atoms with Crippen molar-refractivity contribution in [1.29, 1.82) is 0 Å². The normalized spacial score (nSPS) is 11.8. The minimum Gasteiger partial charge on any atom is -0.361 e. The number of guanidine groups is 1. The number of para-hydroxylation sites is 1. The number of rotatable bonds is 6. The summed E-state index contributed by atoms with van der Waals surface area (Å²) in [4.78, 5) is 9.32. The average molecular weight is 340 g/mol. The van der Waals surface area contributed by atoms with Gasteiger partial charge in [0.2, 0.25) is 0 Å². The van der Waals surface area contributed by atoms with Crippen molar-refractivity contribution in [2.24, 2.45) is 4.99 Å². The first-order valence-corrected chi connectivity index (χ1v) is 9.26. The van der Waals surface area contributed by atoms with Crippen LogP contribution in [0.4, 0.5) is 0 Å². The van der Waals surface area contributed by atoms with Gasteiger partial charge in [0.05, 0.1) is 6.54 Å². The Morgan fingerprint density at radius 3 is 2.92 bits per heavy atom. The van der Waals surface area contributed by atoms with Crippen molar-refractivity contribution in [2.75, 3.05) is 13.1 Å². The molecular weight excluding hydrogens is 316 g/mol. The van der Waals surface area contributed by atoms with E-state index in [4.69, 9.17) is 0 Å². The molecule has 3 aromatic rings. The van der Waals surface area contributed by atoms with Gasteiger partial charge in [-0.05, 0) is 42.8 Å². The Bertz CT molecular complexity index is 802. The molecule has 5 heteroatoms. The predicted octanol–water partition coefficient (Wildman–Crippen LogP) is 3.84. The first kappa shape index (κ1) is 16.6. The van der Waals surface area contributed by atoms with Gasteiger partial charge in [-0.3, -0.25) is 0 Å². The molecule has 0 atom stereocenters. The van der Waals surface area contributed by atoms with Crippen molar-refractivity contribution in [3.8, 4) is 0 Å². The van der Waals surface area contributed by atoms with Gasteiger partial charge in [0.15, 0.2) is 5.96 Å². The van der Waals surface area contributed by atoms with Gasteiger partial charge in [0.1, 0.15) is 0 Å². The number of hydrogen-bond donors (Lipinski definition) is 3. The number of aliphatic imine (C=N–C) groups is 1. The molecule has 126 valence electrons. The van der Waals surface area contributed by atoms with E-state index in [1.807, 2.05) is 0 Å². The molecule has 3 rings (SSSR count). The van der Waals surface area contributed by atoms with E-state index in [9.17, 15) is 0 Å². The van der Waals surface area contributed by atoms with Crippen LogP contribution in [-0.2, 0) is 13.0 Å². The van der Waals surface area contributed by atoms with Crippen molar-refractivity contribution in [3.63, 3.8) is 0 Å². The zero-order chi connectivity index (χ0) is 16.8. The molecule has 0 saturated heterocycles. The van der Waals surface area contributed by atoms with E-state index in [-0.39, 0.29) is 0 Å². The molecule has 0 spiro atoms. The van der Waals surface area contributed by atoms with Gasteiger partial charge in [0, 0.05) is 35.1 Å². The van der Waals surface area contributed by atoms with Crippen LogP contribution in [0.25, 0.3) is 10.9 Å². The van der Waals surface area contributed by atoms with Crippen LogP contribution in [0.5, 0.6) is 0 Å². The standard InChI is InChI=1S/C19H24N4S/c1-3-20-19(23-13-16-7-5-11-24-16)21-10-9-15-12-22-18-14(2)6-4-8-17(15)18/h4-8,11-12,22H,3,9-10,13H2,1-2H3,(H2,20,21,23). The van der Waals surface area contributed by atoms with Crippen LogP contribution >= 0.6 is 11.3 Å². The summed E-state index contributed by atoms with van der Waals surface area (Å²) in [6, 6.07) is 10.6. The minimum absolute atomic E-state index is 0.722. The van der Waals surface area contributed by atoms with E-state index in [0.717, 1.165) is 32.0 Å². The molecule has 0 unspecified atom stereocenters. The van der Waals surface area contributed by atoms with Crippen LogP contribution in [0.2, 0.25) is 0 Å². The molecule has 0 radical (unpaired) electrons. The van der Waals surface area contributed by atoms with Gasteiger partial charge in [-0.2, -0.15) is 0 Å². The van der Waals surface area contributed by atoms with E-state index in [2.05, 4.69) is 76.4 Å². The van der Waals surface area contributed by atoms with Crippen molar-refractivity contribution in [2.45, 2.75) is 26.8 Å². The average Bonchev–Trinajstić information content (AvgIpc) is 3.23. The minimum atomic E-state index is 0.722. The molecule has 1 aromatic carbocycles. The Morgan fingerprint density at radius 2 is 2.12 bits per heavy atom. The Hall–Kier alpha value is -2.27. The van der Waals surface area contributed by atoms with Crippen LogP contribution in [-0.4, -0.2) is 24.0 Å². The van der Waals surface area contributed by atoms with Crippen molar-refractivity contribution < 1.29 is 0 Å². The first-order valence-electron chi connectivity index (χ1n) is 8.38. The topological polar surface area (TPSA) is 52.2 Å². The molecule has 2 aromatic heterocycles. The molecule has 2 heterocycles. The summed E-state index contributed by atoms with van der Waals surface area (Å²) < 4.78 is 0. The van der Waals surface area contributed by atoms with E-state index in [0.29, 0.717) is 0 Å². The Balaban J connectivity index is 1.60. The second-order valence-corrected chi connectivity index (χ2v) is 6.79. The van der Waals surface area contributed by atoms with Gasteiger partial charge in [0.25, 0.3) is 0 Å². The van der Waals surface area contributed by atoms with Gasteiger partial charge in [-0.1, -0.05) is 24.3 Å². The Kier molecular flexibility index (Phi) is 5.54. The number of nitrogens with one attached hydrogen (secondary N) is 3. The molecule has 0 bridgehead atoms. The first-order chi connectivity index (χ1) is 11.8. The maximum absolute atomic E-state index is 4.65. The van der Waals surface area contributed by atoms with Gasteiger partial charge < -0.3 is 15.6 Å². The van der Waals surface area contributed by atoms with Crippen molar-refractivity contribution in [1.82, 2.24) is 15.6 Å². The van der Waals surface area contributed by atoms with Crippen molar-refractivity contribution in [3.05, 3.63) is 57.9 Å². The number of thiophene rings is 1. The van der Waals surface area contributed by atoms with Crippen LogP contribution < -0.4 is 10.6 Å². The summed E-state index contributed by atoms with van der Waals surface area (Å²) in [5.41, 5.74) is 3.87. The fraction of sp³-hybridized carbons (Fsp3) is 0.316. The number of aryl methyl sites for hydroxylation is 1. The largest absolute Gasteiger partial charge is 0.361 e. The van der Waals surface area contributed by atoms with Gasteiger partial charge in [-0.15, -0.1) is 11.3 Å². The highest BCUT2D eigenvalue weighted by atomic mass is 32.1. The summed E-state index contributed by atoms with van der Waals surface area (Å²) in [5, 5.41) is 10.1. The smallest absolute Gasteiger partial charge is 0.191 e. The molecule has 4 nitrogen and oxygen atoms in total. The molecule has 0 aliphatic heterocycles. The van der Waals surface area contributed by atoms with Crippen LogP contribution in [0, 0.1) is 6.92 Å². The molecule has 24 heavy (non-hydrogen) atoms. The van der Waals surface area contributed by atoms with E-state index < -0.39 is 0 Å². The highest BCUT2D eigenvalue weighted by Gasteiger charge is 2.05. The number of H-pyrrole nitrogens is 1. The third-order valence-electron chi connectivity index (χ3n) is 4.01. The number of aromatic amines is 1. The lowest BCUT2D eigenvalue weighted by molar-refractivity contribution is 0.803. The zero-order valence-corrected chi connectivity index (χ0v) is 15.0. The predicted molar refractivity (Wildman–Crippen MR) is 104 cm³/mol. The zero-order valence-electron chi connectivity index (χ0n) is 14.2. The number of benzene rings is 1. The van der Waals surface area contributed by atoms with Gasteiger partial charge in [-0.25, -0.2) is 4.99 Å². The fourth-order valence-corrected chi connectivity index (χ4v) is 3.42. The molecule has 0 saturated carbocycles. The number of fused-ring (bicyclic) bond motifs is 1. The van der Waals surface area contributed by atoms with Crippen LogP contribution in [0.3, 0.4) is 0 Å². The highest BCUT2D eigenvalue weighted by molar-refractivity contribution is 7.09. The maximum Gasteiger partial charge on any atom is 0.191 e. The fourth-order valence-electron chi connectivity index (χ4n) is 2.79. The summed E-state index contributed by atoms with van der Waals surface area (Å²) in [7, 11) is 0. The lowest BCUT2D eigenvalue weighted by Gasteiger charge is -2.10. The number of aromatic nitrogens is 1. The quantitative estimate of drug-likeness (QED) is 0.472. The summed E-state index contributed by atoms with van der Waals surface area (Å²) in [5.74, 6) is 0.877. The second-order valence-electron chi connectivity index (χ2n) is 5.76. The third kappa shape index (κ3) is 3.97.